The number of rotatable bonds is 9. The van der Waals surface area contributed by atoms with E-state index in [1.54, 1.807) is 18.2 Å². The van der Waals surface area contributed by atoms with Gasteiger partial charge in [0.25, 0.3) is 0 Å². The van der Waals surface area contributed by atoms with Gasteiger partial charge in [0.2, 0.25) is 11.7 Å². The van der Waals surface area contributed by atoms with E-state index >= 15 is 0 Å². The Labute approximate surface area is 154 Å². The monoisotopic (exact) mass is 365 g/mol. The van der Waals surface area contributed by atoms with E-state index in [4.69, 9.17) is 18.9 Å². The first-order chi connectivity index (χ1) is 12.4. The minimum atomic E-state index is -0.683. The zero-order valence-corrected chi connectivity index (χ0v) is 16.1. The summed E-state index contributed by atoms with van der Waals surface area (Å²) in [5, 5.41) is 2.66. The molecule has 0 bridgehead atoms. The van der Waals surface area contributed by atoms with Crippen molar-refractivity contribution >= 4 is 18.0 Å². The van der Waals surface area contributed by atoms with E-state index in [9.17, 15) is 9.59 Å². The topological polar surface area (TPSA) is 83.1 Å². The van der Waals surface area contributed by atoms with Crippen LogP contribution in [0.25, 0.3) is 6.08 Å². The van der Waals surface area contributed by atoms with E-state index in [0.717, 1.165) is 0 Å². The summed E-state index contributed by atoms with van der Waals surface area (Å²) >= 11 is 0. The first-order valence-corrected chi connectivity index (χ1v) is 8.22. The highest BCUT2D eigenvalue weighted by molar-refractivity contribution is 5.94. The molecule has 1 amide bonds. The van der Waals surface area contributed by atoms with Crippen molar-refractivity contribution in [1.29, 1.82) is 0 Å². The van der Waals surface area contributed by atoms with Crippen LogP contribution in [0.1, 0.15) is 25.8 Å². The molecule has 144 valence electrons. The fourth-order valence-corrected chi connectivity index (χ4v) is 2.42. The molecule has 1 atom stereocenters. The summed E-state index contributed by atoms with van der Waals surface area (Å²) in [4.78, 5) is 24.0. The van der Waals surface area contributed by atoms with E-state index < -0.39 is 17.9 Å². The fraction of sp³-hybridized carbons (Fsp3) is 0.474. The van der Waals surface area contributed by atoms with Crippen LogP contribution in [0.3, 0.4) is 0 Å². The van der Waals surface area contributed by atoms with E-state index in [1.165, 1.54) is 34.5 Å². The molecule has 0 aromatic heterocycles. The first-order valence-electron chi connectivity index (χ1n) is 8.22. The minimum Gasteiger partial charge on any atom is -0.493 e. The van der Waals surface area contributed by atoms with Gasteiger partial charge in [0.15, 0.2) is 11.5 Å². The Balaban J connectivity index is 2.94. The molecule has 1 aromatic carbocycles. The molecule has 0 spiro atoms. The quantitative estimate of drug-likeness (QED) is 0.535. The van der Waals surface area contributed by atoms with Crippen molar-refractivity contribution in [1.82, 2.24) is 5.32 Å². The number of hydrogen-bond donors (Lipinski definition) is 1. The lowest BCUT2D eigenvalue weighted by molar-refractivity contribution is -0.145. The smallest absolute Gasteiger partial charge is 0.328 e. The van der Waals surface area contributed by atoms with Gasteiger partial charge in [-0.25, -0.2) is 4.79 Å². The second-order valence-electron chi connectivity index (χ2n) is 6.01. The number of carbonyl (C=O) groups excluding carboxylic acids is 2. The molecule has 1 aromatic rings. The van der Waals surface area contributed by atoms with Crippen LogP contribution in [-0.2, 0) is 14.3 Å². The predicted octanol–water partition coefficient (Wildman–Crippen LogP) is 2.43. The Bertz CT molecular complexity index is 628. The Hall–Kier alpha value is -2.70. The molecule has 1 N–H and O–H groups in total. The summed E-state index contributed by atoms with van der Waals surface area (Å²) in [7, 11) is 5.85. The highest BCUT2D eigenvalue weighted by Crippen LogP contribution is 2.38. The van der Waals surface area contributed by atoms with Crippen molar-refractivity contribution in [2.75, 3.05) is 28.4 Å². The number of esters is 1. The zero-order chi connectivity index (χ0) is 19.7. The lowest BCUT2D eigenvalue weighted by Crippen LogP contribution is -2.41. The molecule has 0 aliphatic rings. The third-order valence-electron chi connectivity index (χ3n) is 3.62. The highest BCUT2D eigenvalue weighted by Gasteiger charge is 2.21. The molecule has 7 heteroatoms. The summed E-state index contributed by atoms with van der Waals surface area (Å²) in [6.07, 6.45) is 3.44. The second kappa shape index (κ2) is 10.3. The van der Waals surface area contributed by atoms with Crippen molar-refractivity contribution in [2.24, 2.45) is 5.92 Å². The zero-order valence-electron chi connectivity index (χ0n) is 16.1. The molecule has 1 rings (SSSR count). The summed E-state index contributed by atoms with van der Waals surface area (Å²) in [6.45, 7) is 3.93. The molecule has 26 heavy (non-hydrogen) atoms. The van der Waals surface area contributed by atoms with E-state index in [-0.39, 0.29) is 5.92 Å². The Morgan fingerprint density at radius 2 is 1.62 bits per heavy atom. The lowest BCUT2D eigenvalue weighted by Gasteiger charge is -2.17. The van der Waals surface area contributed by atoms with Crippen LogP contribution in [0.4, 0.5) is 0 Å². The van der Waals surface area contributed by atoms with Gasteiger partial charge in [0.05, 0.1) is 28.4 Å². The molecule has 0 saturated carbocycles. The Kier molecular flexibility index (Phi) is 8.48. The van der Waals surface area contributed by atoms with Gasteiger partial charge in [-0.2, -0.15) is 0 Å². The van der Waals surface area contributed by atoms with Gasteiger partial charge >= 0.3 is 5.97 Å². The fourth-order valence-electron chi connectivity index (χ4n) is 2.42. The molecule has 0 saturated heterocycles. The molecule has 0 unspecified atom stereocenters. The average molecular weight is 365 g/mol. The van der Waals surface area contributed by atoms with Crippen LogP contribution in [0, 0.1) is 5.92 Å². The Morgan fingerprint density at radius 3 is 2.04 bits per heavy atom. The van der Waals surface area contributed by atoms with Gasteiger partial charge < -0.3 is 24.3 Å². The third kappa shape index (κ3) is 5.98. The van der Waals surface area contributed by atoms with Crippen LogP contribution in [0.5, 0.6) is 17.2 Å². The molecule has 7 nitrogen and oxygen atoms in total. The standard InChI is InChI=1S/C19H27NO6/c1-12(2)9-14(19(22)26-6)20-17(21)8-7-13-10-15(23-3)18(25-5)16(11-13)24-4/h7-8,10-12,14H,9H2,1-6H3,(H,20,21)/b8-7+/t14-/m1/s1. The van der Waals surface area contributed by atoms with E-state index in [1.807, 2.05) is 13.8 Å². The summed E-state index contributed by atoms with van der Waals surface area (Å²) in [5.74, 6) is 0.819. The number of ether oxygens (including phenoxy) is 4. The van der Waals surface area contributed by atoms with Crippen LogP contribution in [-0.4, -0.2) is 46.4 Å². The summed E-state index contributed by atoms with van der Waals surface area (Å²) in [5.41, 5.74) is 0.688. The highest BCUT2D eigenvalue weighted by atomic mass is 16.5. The Morgan fingerprint density at radius 1 is 1.04 bits per heavy atom. The van der Waals surface area contributed by atoms with Crippen molar-refractivity contribution in [2.45, 2.75) is 26.3 Å². The number of carbonyl (C=O) groups is 2. The molecule has 0 aliphatic heterocycles. The van der Waals surface area contributed by atoms with Gasteiger partial charge in [0, 0.05) is 6.08 Å². The van der Waals surface area contributed by atoms with Gasteiger partial charge in [0.1, 0.15) is 6.04 Å². The third-order valence-corrected chi connectivity index (χ3v) is 3.62. The van der Waals surface area contributed by atoms with Crippen molar-refractivity contribution in [3.8, 4) is 17.2 Å². The molecular weight excluding hydrogens is 338 g/mol. The van der Waals surface area contributed by atoms with Crippen molar-refractivity contribution < 1.29 is 28.5 Å². The predicted molar refractivity (Wildman–Crippen MR) is 98.5 cm³/mol. The largest absolute Gasteiger partial charge is 0.493 e. The average Bonchev–Trinajstić information content (AvgIpc) is 2.63. The van der Waals surface area contributed by atoms with E-state index in [0.29, 0.717) is 29.2 Å². The normalized spacial score (nSPS) is 12.0. The van der Waals surface area contributed by atoms with Crippen LogP contribution in [0.15, 0.2) is 18.2 Å². The molecule has 0 heterocycles. The van der Waals surface area contributed by atoms with Crippen LogP contribution in [0.2, 0.25) is 0 Å². The molecular formula is C19H27NO6. The molecule has 0 radical (unpaired) electrons. The number of methoxy groups -OCH3 is 4. The van der Waals surface area contributed by atoms with Gasteiger partial charge in [-0.05, 0) is 36.1 Å². The van der Waals surface area contributed by atoms with Crippen LogP contribution >= 0.6 is 0 Å². The van der Waals surface area contributed by atoms with Crippen molar-refractivity contribution in [3.63, 3.8) is 0 Å². The van der Waals surface area contributed by atoms with Crippen LogP contribution < -0.4 is 19.5 Å². The summed E-state index contributed by atoms with van der Waals surface area (Å²) < 4.78 is 20.6. The number of nitrogens with one attached hydrogen (secondary N) is 1. The van der Waals surface area contributed by atoms with Gasteiger partial charge in [-0.15, -0.1) is 0 Å². The maximum Gasteiger partial charge on any atom is 0.328 e. The SMILES string of the molecule is COC(=O)[C@@H](CC(C)C)NC(=O)/C=C/c1cc(OC)c(OC)c(OC)c1. The molecule has 0 aliphatic carbocycles. The van der Waals surface area contributed by atoms with Gasteiger partial charge in [-0.1, -0.05) is 13.8 Å². The first kappa shape index (κ1) is 21.3. The van der Waals surface area contributed by atoms with Gasteiger partial charge in [-0.3, -0.25) is 4.79 Å². The maximum atomic E-state index is 12.2. The van der Waals surface area contributed by atoms with Crippen molar-refractivity contribution in [3.05, 3.63) is 23.8 Å². The lowest BCUT2D eigenvalue weighted by atomic mass is 10.0. The number of amides is 1. The maximum absolute atomic E-state index is 12.2. The van der Waals surface area contributed by atoms with E-state index in [2.05, 4.69) is 5.32 Å². The molecule has 0 fully saturated rings. The number of hydrogen-bond acceptors (Lipinski definition) is 6. The minimum absolute atomic E-state index is 0.235. The second-order valence-corrected chi connectivity index (χ2v) is 6.01. The number of benzene rings is 1. The summed E-state index contributed by atoms with van der Waals surface area (Å²) in [6, 6.07) is 2.76.